The summed E-state index contributed by atoms with van der Waals surface area (Å²) in [6.45, 7) is 3.75. The number of aromatic nitrogens is 1. The number of amides is 1. The minimum absolute atomic E-state index is 0.288. The Hall–Kier alpha value is -2.08. The van der Waals surface area contributed by atoms with Crippen LogP contribution in [0.3, 0.4) is 0 Å². The van der Waals surface area contributed by atoms with Crippen molar-refractivity contribution in [1.82, 2.24) is 10.3 Å². The number of carbonyl (C=O) groups excluding carboxylic acids is 1. The fourth-order valence-corrected chi connectivity index (χ4v) is 3.45. The van der Waals surface area contributed by atoms with E-state index in [2.05, 4.69) is 27.0 Å². The first kappa shape index (κ1) is 19.7. The third-order valence-corrected chi connectivity index (χ3v) is 5.13. The van der Waals surface area contributed by atoms with Gasteiger partial charge in [-0.1, -0.05) is 34.9 Å². The predicted molar refractivity (Wildman–Crippen MR) is 113 cm³/mol. The van der Waals surface area contributed by atoms with Crippen molar-refractivity contribution in [2.45, 2.75) is 19.8 Å². The first-order valence-corrected chi connectivity index (χ1v) is 9.58. The standard InChI is InChI=1S/C20H22Cl2N4O/c1-12-17(22)9-15(11-25-12)20(27)26-18-10-16(21)8-14(19(18)23-2)7-13-3-5-24-6-4-13/h7-11,23-24H,3-6H2,1-2H3,(H,26,27). The average molecular weight is 405 g/mol. The first-order chi connectivity index (χ1) is 13.0. The van der Waals surface area contributed by atoms with Crippen LogP contribution >= 0.6 is 23.2 Å². The number of nitrogens with one attached hydrogen (secondary N) is 3. The van der Waals surface area contributed by atoms with Crippen molar-refractivity contribution < 1.29 is 4.79 Å². The molecular formula is C20H22Cl2N4O. The van der Waals surface area contributed by atoms with E-state index in [0.29, 0.717) is 27.0 Å². The number of anilines is 2. The number of nitrogens with zero attached hydrogens (tertiary/aromatic N) is 1. The smallest absolute Gasteiger partial charge is 0.257 e. The number of hydrogen-bond donors (Lipinski definition) is 3. The second-order valence-electron chi connectivity index (χ2n) is 6.47. The van der Waals surface area contributed by atoms with Crippen molar-refractivity contribution in [3.63, 3.8) is 0 Å². The van der Waals surface area contributed by atoms with E-state index in [1.165, 1.54) is 11.8 Å². The Morgan fingerprint density at radius 3 is 2.63 bits per heavy atom. The number of rotatable bonds is 4. The summed E-state index contributed by atoms with van der Waals surface area (Å²) < 4.78 is 0. The summed E-state index contributed by atoms with van der Waals surface area (Å²) in [7, 11) is 1.83. The van der Waals surface area contributed by atoms with Gasteiger partial charge in [0.1, 0.15) is 0 Å². The maximum absolute atomic E-state index is 12.7. The summed E-state index contributed by atoms with van der Waals surface area (Å²) in [5.41, 5.74) is 4.84. The predicted octanol–water partition coefficient (Wildman–Crippen LogP) is 4.76. The maximum Gasteiger partial charge on any atom is 0.257 e. The molecule has 27 heavy (non-hydrogen) atoms. The minimum Gasteiger partial charge on any atom is -0.386 e. The van der Waals surface area contributed by atoms with Crippen LogP contribution in [0.25, 0.3) is 6.08 Å². The molecule has 0 radical (unpaired) electrons. The fraction of sp³-hybridized carbons (Fsp3) is 0.300. The average Bonchev–Trinajstić information content (AvgIpc) is 2.64. The SMILES string of the molecule is CNc1c(C=C2CCNCC2)cc(Cl)cc1NC(=O)c1cnc(C)c(Cl)c1. The van der Waals surface area contributed by atoms with Crippen LogP contribution in [0.4, 0.5) is 11.4 Å². The number of piperidine rings is 1. The number of carbonyl (C=O) groups is 1. The lowest BCUT2D eigenvalue weighted by Gasteiger charge is -2.18. The topological polar surface area (TPSA) is 66.0 Å². The molecule has 2 aromatic rings. The Bertz CT molecular complexity index is 888. The number of aryl methyl sites for hydroxylation is 1. The molecule has 1 aromatic heterocycles. The molecule has 5 nitrogen and oxygen atoms in total. The summed E-state index contributed by atoms with van der Waals surface area (Å²) in [4.78, 5) is 16.8. The first-order valence-electron chi connectivity index (χ1n) is 8.83. The van der Waals surface area contributed by atoms with Crippen LogP contribution in [0, 0.1) is 6.92 Å². The van der Waals surface area contributed by atoms with Crippen molar-refractivity contribution >= 4 is 46.6 Å². The van der Waals surface area contributed by atoms with Crippen molar-refractivity contribution in [3.8, 4) is 0 Å². The molecule has 1 saturated heterocycles. The van der Waals surface area contributed by atoms with Gasteiger partial charge < -0.3 is 16.0 Å². The van der Waals surface area contributed by atoms with Gasteiger partial charge in [-0.3, -0.25) is 9.78 Å². The zero-order valence-electron chi connectivity index (χ0n) is 15.3. The van der Waals surface area contributed by atoms with Gasteiger partial charge in [0.05, 0.1) is 27.7 Å². The monoisotopic (exact) mass is 404 g/mol. The molecular weight excluding hydrogens is 383 g/mol. The van der Waals surface area contributed by atoms with E-state index in [9.17, 15) is 4.79 Å². The molecule has 1 fully saturated rings. The minimum atomic E-state index is -0.288. The highest BCUT2D eigenvalue weighted by Crippen LogP contribution is 2.33. The lowest BCUT2D eigenvalue weighted by molar-refractivity contribution is 0.102. The molecule has 2 heterocycles. The Morgan fingerprint density at radius 2 is 1.96 bits per heavy atom. The molecule has 1 aromatic carbocycles. The van der Waals surface area contributed by atoms with Gasteiger partial charge in [0.2, 0.25) is 0 Å². The van der Waals surface area contributed by atoms with Crippen LogP contribution in [0.2, 0.25) is 10.0 Å². The van der Waals surface area contributed by atoms with Crippen LogP contribution in [0.5, 0.6) is 0 Å². The third-order valence-electron chi connectivity index (χ3n) is 4.52. The fourth-order valence-electron chi connectivity index (χ4n) is 3.06. The maximum atomic E-state index is 12.7. The summed E-state index contributed by atoms with van der Waals surface area (Å²) in [5.74, 6) is -0.288. The van der Waals surface area contributed by atoms with E-state index in [4.69, 9.17) is 23.2 Å². The second kappa shape index (κ2) is 8.74. The quantitative estimate of drug-likeness (QED) is 0.687. The van der Waals surface area contributed by atoms with Crippen molar-refractivity contribution in [2.24, 2.45) is 0 Å². The molecule has 0 aliphatic carbocycles. The van der Waals surface area contributed by atoms with E-state index in [-0.39, 0.29) is 5.91 Å². The molecule has 142 valence electrons. The van der Waals surface area contributed by atoms with Crippen molar-refractivity contribution in [2.75, 3.05) is 30.8 Å². The van der Waals surface area contributed by atoms with Gasteiger partial charge in [-0.05, 0) is 51.1 Å². The largest absolute Gasteiger partial charge is 0.386 e. The van der Waals surface area contributed by atoms with Crippen LogP contribution in [0.15, 0.2) is 30.0 Å². The highest BCUT2D eigenvalue weighted by molar-refractivity contribution is 6.32. The van der Waals surface area contributed by atoms with Gasteiger partial charge in [0.15, 0.2) is 0 Å². The molecule has 0 bridgehead atoms. The molecule has 1 aliphatic rings. The number of halogens is 2. The van der Waals surface area contributed by atoms with Gasteiger partial charge in [-0.15, -0.1) is 0 Å². The Morgan fingerprint density at radius 1 is 1.22 bits per heavy atom. The van der Waals surface area contributed by atoms with Crippen LogP contribution in [-0.2, 0) is 0 Å². The second-order valence-corrected chi connectivity index (χ2v) is 7.31. The highest BCUT2D eigenvalue weighted by atomic mass is 35.5. The molecule has 1 aliphatic heterocycles. The number of benzene rings is 1. The summed E-state index contributed by atoms with van der Waals surface area (Å²) >= 11 is 12.4. The molecule has 7 heteroatoms. The molecule has 0 atom stereocenters. The third kappa shape index (κ3) is 4.80. The van der Waals surface area contributed by atoms with Gasteiger partial charge >= 0.3 is 0 Å². The van der Waals surface area contributed by atoms with E-state index in [0.717, 1.165) is 37.2 Å². The zero-order valence-corrected chi connectivity index (χ0v) is 16.8. The van der Waals surface area contributed by atoms with E-state index >= 15 is 0 Å². The zero-order chi connectivity index (χ0) is 19.4. The summed E-state index contributed by atoms with van der Waals surface area (Å²) in [5, 5.41) is 10.5. The van der Waals surface area contributed by atoms with Gasteiger partial charge in [-0.25, -0.2) is 0 Å². The number of pyridine rings is 1. The molecule has 1 amide bonds. The lowest BCUT2D eigenvalue weighted by atomic mass is 10.0. The van der Waals surface area contributed by atoms with Gasteiger partial charge in [-0.2, -0.15) is 0 Å². The van der Waals surface area contributed by atoms with Gasteiger partial charge in [0.25, 0.3) is 5.91 Å². The van der Waals surface area contributed by atoms with Crippen LogP contribution in [-0.4, -0.2) is 31.0 Å². The van der Waals surface area contributed by atoms with Crippen LogP contribution in [0.1, 0.15) is 34.5 Å². The Kier molecular flexibility index (Phi) is 6.37. The van der Waals surface area contributed by atoms with E-state index < -0.39 is 0 Å². The van der Waals surface area contributed by atoms with E-state index in [1.807, 2.05) is 13.1 Å². The number of hydrogen-bond acceptors (Lipinski definition) is 4. The molecule has 3 rings (SSSR count). The highest BCUT2D eigenvalue weighted by Gasteiger charge is 2.15. The Balaban J connectivity index is 1.92. The van der Waals surface area contributed by atoms with Crippen molar-refractivity contribution in [1.29, 1.82) is 0 Å². The molecule has 0 saturated carbocycles. The van der Waals surface area contributed by atoms with Gasteiger partial charge in [0, 0.05) is 23.8 Å². The molecule has 0 unspecified atom stereocenters. The summed E-state index contributed by atoms with van der Waals surface area (Å²) in [6, 6.07) is 5.25. The molecule has 3 N–H and O–H groups in total. The normalized spacial score (nSPS) is 14.0. The lowest BCUT2D eigenvalue weighted by Crippen LogP contribution is -2.23. The summed E-state index contributed by atoms with van der Waals surface area (Å²) in [6.07, 6.45) is 5.67. The van der Waals surface area contributed by atoms with Crippen molar-refractivity contribution in [3.05, 3.63) is 56.8 Å². The molecule has 0 spiro atoms. The Labute approximate surface area is 169 Å². The van der Waals surface area contributed by atoms with E-state index in [1.54, 1.807) is 19.1 Å². The van der Waals surface area contributed by atoms with Crippen LogP contribution < -0.4 is 16.0 Å².